The average Bonchev–Trinajstić information content (AvgIpc) is 3.35. The molecule has 0 atom stereocenters. The molecular formula is C24H14BaO8S2. The van der Waals surface area contributed by atoms with E-state index >= 15 is 0 Å². The summed E-state index contributed by atoms with van der Waals surface area (Å²) in [6.07, 6.45) is 0. The summed E-state index contributed by atoms with van der Waals surface area (Å²) >= 11 is 0. The van der Waals surface area contributed by atoms with Gasteiger partial charge in [-0.15, -0.1) is 0 Å². The first kappa shape index (κ1) is 25.9. The number of fused-ring (bicyclic) bond motifs is 6. The van der Waals surface area contributed by atoms with Crippen LogP contribution in [0.2, 0.25) is 0 Å². The van der Waals surface area contributed by atoms with Crippen molar-refractivity contribution in [2.75, 3.05) is 0 Å². The van der Waals surface area contributed by atoms with Gasteiger partial charge in [0.15, 0.2) is 0 Å². The van der Waals surface area contributed by atoms with Crippen LogP contribution in [0.5, 0.6) is 0 Å². The van der Waals surface area contributed by atoms with E-state index in [1.54, 1.807) is 12.1 Å². The molecular weight excluding hydrogens is 618 g/mol. The number of hydrogen-bond acceptors (Lipinski definition) is 8. The van der Waals surface area contributed by atoms with Crippen molar-refractivity contribution in [3.63, 3.8) is 0 Å². The van der Waals surface area contributed by atoms with Gasteiger partial charge in [-0.2, -0.15) is 0 Å². The Balaban J connectivity index is 0.000000160. The minimum Gasteiger partial charge on any atom is -0.744 e. The summed E-state index contributed by atoms with van der Waals surface area (Å²) in [5, 5.41) is 2.87. The fourth-order valence-electron chi connectivity index (χ4n) is 3.72. The van der Waals surface area contributed by atoms with E-state index < -0.39 is 20.2 Å². The van der Waals surface area contributed by atoms with Crippen LogP contribution in [0.4, 0.5) is 0 Å². The summed E-state index contributed by atoms with van der Waals surface area (Å²) in [4.78, 5) is -0.479. The van der Waals surface area contributed by atoms with Crippen molar-refractivity contribution in [2.24, 2.45) is 0 Å². The fraction of sp³-hybridized carbons (Fsp3) is 0. The van der Waals surface area contributed by atoms with E-state index in [0.717, 1.165) is 10.8 Å². The normalized spacial score (nSPS) is 11.9. The molecule has 6 rings (SSSR count). The molecule has 172 valence electrons. The molecule has 6 aromatic rings. The van der Waals surface area contributed by atoms with Gasteiger partial charge in [0.2, 0.25) is 0 Å². The number of furan rings is 2. The van der Waals surface area contributed by atoms with Crippen molar-refractivity contribution in [2.45, 2.75) is 9.79 Å². The van der Waals surface area contributed by atoms with Gasteiger partial charge in [0, 0.05) is 21.5 Å². The van der Waals surface area contributed by atoms with E-state index in [1.807, 2.05) is 36.4 Å². The second-order valence-corrected chi connectivity index (χ2v) is 10.2. The summed E-state index contributed by atoms with van der Waals surface area (Å²) in [5.74, 6) is 0. The largest absolute Gasteiger partial charge is 2.00 e. The zero-order valence-electron chi connectivity index (χ0n) is 17.9. The third-order valence-corrected chi connectivity index (χ3v) is 6.94. The Morgan fingerprint density at radius 2 is 0.829 bits per heavy atom. The van der Waals surface area contributed by atoms with Crippen molar-refractivity contribution in [3.05, 3.63) is 84.9 Å². The molecule has 0 aliphatic heterocycles. The summed E-state index contributed by atoms with van der Waals surface area (Å²) in [6, 6.07) is 22.8. The van der Waals surface area contributed by atoms with Gasteiger partial charge in [0.05, 0.1) is 9.79 Å². The van der Waals surface area contributed by atoms with Crippen molar-refractivity contribution >= 4 is 113 Å². The fourth-order valence-corrected chi connectivity index (χ4v) is 4.72. The molecule has 0 aliphatic rings. The third kappa shape index (κ3) is 5.21. The van der Waals surface area contributed by atoms with Crippen LogP contribution in [0.3, 0.4) is 0 Å². The summed E-state index contributed by atoms with van der Waals surface area (Å²) in [6.45, 7) is 0. The number of rotatable bonds is 2. The monoisotopic (exact) mass is 632 g/mol. The summed E-state index contributed by atoms with van der Waals surface area (Å²) in [5.41, 5.74) is 2.48. The van der Waals surface area contributed by atoms with E-state index in [2.05, 4.69) is 0 Å². The molecule has 0 saturated carbocycles. The maximum Gasteiger partial charge on any atom is 2.00 e. The molecule has 0 aliphatic carbocycles. The smallest absolute Gasteiger partial charge is 0.744 e. The van der Waals surface area contributed by atoms with Gasteiger partial charge in [-0.25, -0.2) is 16.8 Å². The Hall–Kier alpha value is -2.13. The number of hydrogen-bond donors (Lipinski definition) is 0. The predicted octanol–water partition coefficient (Wildman–Crippen LogP) is 4.60. The zero-order valence-corrected chi connectivity index (χ0v) is 23.9. The Morgan fingerprint density at radius 1 is 0.486 bits per heavy atom. The molecule has 0 unspecified atom stereocenters. The molecule has 0 amide bonds. The minimum atomic E-state index is -4.43. The Morgan fingerprint density at radius 3 is 1.20 bits per heavy atom. The molecule has 0 N–H and O–H groups in total. The quantitative estimate of drug-likeness (QED) is 0.200. The van der Waals surface area contributed by atoms with Crippen molar-refractivity contribution in [3.8, 4) is 0 Å². The summed E-state index contributed by atoms with van der Waals surface area (Å²) < 4.78 is 76.7. The second-order valence-electron chi connectivity index (χ2n) is 7.42. The number of benzene rings is 4. The second kappa shape index (κ2) is 9.73. The van der Waals surface area contributed by atoms with Gasteiger partial charge in [0.25, 0.3) is 0 Å². The van der Waals surface area contributed by atoms with Crippen LogP contribution in [0.1, 0.15) is 0 Å². The molecule has 0 radical (unpaired) electrons. The van der Waals surface area contributed by atoms with Crippen molar-refractivity contribution in [1.29, 1.82) is 0 Å². The minimum absolute atomic E-state index is 0. The molecule has 4 aromatic carbocycles. The molecule has 2 heterocycles. The third-order valence-electron chi connectivity index (χ3n) is 5.27. The van der Waals surface area contributed by atoms with Gasteiger partial charge in [0.1, 0.15) is 42.6 Å². The van der Waals surface area contributed by atoms with Crippen LogP contribution < -0.4 is 0 Å². The van der Waals surface area contributed by atoms with Gasteiger partial charge < -0.3 is 17.9 Å². The van der Waals surface area contributed by atoms with E-state index in [1.165, 1.54) is 36.4 Å². The standard InChI is InChI=1S/2C12H8O4S.Ba/c2*13-17(14,15)8-5-6-12-10(7-8)9-3-1-2-4-11(9)16-12;/h2*1-7H,(H,13,14,15);/q;;+2/p-2. The molecule has 11 heteroatoms. The maximum atomic E-state index is 10.9. The predicted molar refractivity (Wildman–Crippen MR) is 129 cm³/mol. The maximum absolute atomic E-state index is 10.9. The summed E-state index contributed by atoms with van der Waals surface area (Å²) in [7, 11) is -8.86. The molecule has 0 spiro atoms. The van der Waals surface area contributed by atoms with Gasteiger partial charge in [-0.05, 0) is 48.5 Å². The van der Waals surface area contributed by atoms with E-state index in [0.29, 0.717) is 33.1 Å². The topological polar surface area (TPSA) is 141 Å². The van der Waals surface area contributed by atoms with E-state index in [9.17, 15) is 25.9 Å². The zero-order chi connectivity index (χ0) is 24.1. The van der Waals surface area contributed by atoms with Gasteiger partial charge >= 0.3 is 48.9 Å². The van der Waals surface area contributed by atoms with Crippen LogP contribution >= 0.6 is 0 Å². The Labute approximate surface area is 240 Å². The van der Waals surface area contributed by atoms with Gasteiger partial charge in [-0.1, -0.05) is 36.4 Å². The van der Waals surface area contributed by atoms with Crippen LogP contribution in [0, 0.1) is 0 Å². The molecule has 2 aromatic heterocycles. The first-order valence-corrected chi connectivity index (χ1v) is 12.7. The van der Waals surface area contributed by atoms with Gasteiger partial charge in [-0.3, -0.25) is 0 Å². The molecule has 0 fully saturated rings. The van der Waals surface area contributed by atoms with Crippen LogP contribution in [-0.2, 0) is 20.2 Å². The SMILES string of the molecule is O=S(=O)([O-])c1ccc2oc3ccccc3c2c1.O=S(=O)([O-])c1ccc2oc3ccccc3c2c1.[Ba+2]. The van der Waals surface area contributed by atoms with E-state index in [-0.39, 0.29) is 58.7 Å². The molecule has 8 nitrogen and oxygen atoms in total. The van der Waals surface area contributed by atoms with Crippen LogP contribution in [0.15, 0.2) is 104 Å². The van der Waals surface area contributed by atoms with Crippen molar-refractivity contribution < 1.29 is 34.8 Å². The Bertz CT molecular complexity index is 1780. The Kier molecular flexibility index (Phi) is 7.21. The van der Waals surface area contributed by atoms with E-state index in [4.69, 9.17) is 8.83 Å². The first-order chi connectivity index (χ1) is 16.1. The molecule has 0 bridgehead atoms. The molecule has 0 saturated heterocycles. The van der Waals surface area contributed by atoms with Crippen LogP contribution in [-0.4, -0.2) is 74.8 Å². The first-order valence-electron chi connectivity index (χ1n) is 9.86. The average molecular weight is 632 g/mol. The van der Waals surface area contributed by atoms with Crippen molar-refractivity contribution in [1.82, 2.24) is 0 Å². The van der Waals surface area contributed by atoms with Crippen LogP contribution in [0.25, 0.3) is 43.9 Å². The molecule has 35 heavy (non-hydrogen) atoms. The number of para-hydroxylation sites is 2.